The van der Waals surface area contributed by atoms with Gasteiger partial charge in [0.1, 0.15) is 0 Å². The van der Waals surface area contributed by atoms with E-state index in [0.717, 1.165) is 53.4 Å². The van der Waals surface area contributed by atoms with Gasteiger partial charge in [-0.3, -0.25) is 4.79 Å². The van der Waals surface area contributed by atoms with E-state index in [1.807, 2.05) is 44.2 Å². The Bertz CT molecular complexity index is 1140. The molecule has 1 aliphatic rings. The molecule has 1 aliphatic carbocycles. The SMILES string of the molecule is CCC(C)NC(=O)COC(=O)c1c2c(nc3ccccc13)/C(=C\c1cccs1)CCC2. The summed E-state index contributed by atoms with van der Waals surface area (Å²) in [6.07, 6.45) is 5.61. The van der Waals surface area contributed by atoms with E-state index in [0.29, 0.717) is 5.56 Å². The van der Waals surface area contributed by atoms with Crippen molar-refractivity contribution < 1.29 is 14.3 Å². The molecule has 5 nitrogen and oxygen atoms in total. The highest BCUT2D eigenvalue weighted by Crippen LogP contribution is 2.36. The van der Waals surface area contributed by atoms with Gasteiger partial charge < -0.3 is 10.1 Å². The topological polar surface area (TPSA) is 68.3 Å². The van der Waals surface area contributed by atoms with Gasteiger partial charge in [-0.2, -0.15) is 0 Å². The fourth-order valence-electron chi connectivity index (χ4n) is 3.88. The molecule has 4 rings (SSSR count). The summed E-state index contributed by atoms with van der Waals surface area (Å²) < 4.78 is 5.45. The van der Waals surface area contributed by atoms with Crippen LogP contribution in [0.4, 0.5) is 0 Å². The average molecular weight is 435 g/mol. The lowest BCUT2D eigenvalue weighted by Gasteiger charge is -2.22. The van der Waals surface area contributed by atoms with E-state index in [1.54, 1.807) is 11.3 Å². The van der Waals surface area contributed by atoms with Crippen LogP contribution in [-0.4, -0.2) is 29.5 Å². The molecule has 0 spiro atoms. The van der Waals surface area contributed by atoms with Crippen molar-refractivity contribution in [3.8, 4) is 0 Å². The van der Waals surface area contributed by atoms with E-state index in [2.05, 4.69) is 22.8 Å². The molecule has 3 aromatic rings. The molecule has 0 aliphatic heterocycles. The van der Waals surface area contributed by atoms with Crippen molar-refractivity contribution >= 4 is 45.8 Å². The van der Waals surface area contributed by atoms with E-state index in [4.69, 9.17) is 9.72 Å². The van der Waals surface area contributed by atoms with Crippen molar-refractivity contribution in [2.45, 2.75) is 45.6 Å². The monoisotopic (exact) mass is 434 g/mol. The van der Waals surface area contributed by atoms with Crippen LogP contribution < -0.4 is 5.32 Å². The lowest BCUT2D eigenvalue weighted by atomic mass is 9.86. The second kappa shape index (κ2) is 9.43. The summed E-state index contributed by atoms with van der Waals surface area (Å²) >= 11 is 1.68. The van der Waals surface area contributed by atoms with Crippen LogP contribution in [0.3, 0.4) is 0 Å². The maximum atomic E-state index is 13.2. The number of carbonyl (C=O) groups is 2. The summed E-state index contributed by atoms with van der Waals surface area (Å²) in [5.74, 6) is -0.750. The number of benzene rings is 1. The minimum Gasteiger partial charge on any atom is -0.452 e. The Labute approximate surface area is 186 Å². The molecule has 1 aromatic carbocycles. The Balaban J connectivity index is 1.71. The fourth-order valence-corrected chi connectivity index (χ4v) is 4.56. The molecule has 2 aromatic heterocycles. The maximum Gasteiger partial charge on any atom is 0.339 e. The number of esters is 1. The number of nitrogens with zero attached hydrogens (tertiary/aromatic N) is 1. The molecular formula is C25H26N2O3S. The minimum absolute atomic E-state index is 0.0469. The van der Waals surface area contributed by atoms with Crippen molar-refractivity contribution in [3.05, 3.63) is 63.5 Å². The molecule has 0 saturated carbocycles. The second-order valence-electron chi connectivity index (χ2n) is 7.82. The van der Waals surface area contributed by atoms with Crippen molar-refractivity contribution in [2.24, 2.45) is 0 Å². The van der Waals surface area contributed by atoms with Gasteiger partial charge in [0, 0.05) is 16.3 Å². The van der Waals surface area contributed by atoms with Gasteiger partial charge in [0.15, 0.2) is 6.61 Å². The molecule has 160 valence electrons. The maximum absolute atomic E-state index is 13.2. The van der Waals surface area contributed by atoms with Gasteiger partial charge in [-0.25, -0.2) is 9.78 Å². The summed E-state index contributed by atoms with van der Waals surface area (Å²) in [4.78, 5) is 31.4. The van der Waals surface area contributed by atoms with E-state index in [9.17, 15) is 9.59 Å². The number of aromatic nitrogens is 1. The van der Waals surface area contributed by atoms with Crippen molar-refractivity contribution in [3.63, 3.8) is 0 Å². The van der Waals surface area contributed by atoms with Crippen LogP contribution in [0.1, 0.15) is 59.6 Å². The minimum atomic E-state index is -0.466. The number of nitrogens with one attached hydrogen (secondary N) is 1. The van der Waals surface area contributed by atoms with Gasteiger partial charge in [0.2, 0.25) is 0 Å². The van der Waals surface area contributed by atoms with Crippen molar-refractivity contribution in [1.82, 2.24) is 10.3 Å². The molecule has 1 unspecified atom stereocenters. The van der Waals surface area contributed by atoms with E-state index < -0.39 is 5.97 Å². The molecule has 0 bridgehead atoms. The highest BCUT2D eigenvalue weighted by atomic mass is 32.1. The van der Waals surface area contributed by atoms with E-state index >= 15 is 0 Å². The molecular weight excluding hydrogens is 408 g/mol. The van der Waals surface area contributed by atoms with Gasteiger partial charge in [-0.15, -0.1) is 11.3 Å². The molecule has 1 atom stereocenters. The van der Waals surface area contributed by atoms with Crippen LogP contribution in [0, 0.1) is 0 Å². The van der Waals surface area contributed by atoms with Gasteiger partial charge in [0.25, 0.3) is 5.91 Å². The predicted molar refractivity (Wildman–Crippen MR) is 125 cm³/mol. The standard InChI is InChI=1S/C25H26N2O3S/c1-3-16(2)26-22(28)15-30-25(29)23-19-10-4-5-12-21(19)27-24-17(8-6-11-20(23)24)14-18-9-7-13-31-18/h4-5,7,9-10,12-14,16H,3,6,8,11,15H2,1-2H3,(H,26,28)/b17-14-. The number of thiophene rings is 1. The van der Waals surface area contributed by atoms with Crippen LogP contribution in [-0.2, 0) is 16.0 Å². The van der Waals surface area contributed by atoms with Gasteiger partial charge >= 0.3 is 5.97 Å². The predicted octanol–water partition coefficient (Wildman–Crippen LogP) is 5.24. The second-order valence-corrected chi connectivity index (χ2v) is 8.80. The molecule has 0 saturated heterocycles. The number of allylic oxidation sites excluding steroid dienone is 1. The Morgan fingerprint density at radius 2 is 2.06 bits per heavy atom. The quantitative estimate of drug-likeness (QED) is 0.539. The third-order valence-electron chi connectivity index (χ3n) is 5.59. The van der Waals surface area contributed by atoms with Crippen LogP contribution in [0.15, 0.2) is 41.8 Å². The van der Waals surface area contributed by atoms with Crippen LogP contribution in [0.2, 0.25) is 0 Å². The first kappa shape index (κ1) is 21.2. The summed E-state index contributed by atoms with van der Waals surface area (Å²) in [5, 5.41) is 5.65. The molecule has 1 amide bonds. The summed E-state index contributed by atoms with van der Waals surface area (Å²) in [5.41, 5.74) is 4.22. The summed E-state index contributed by atoms with van der Waals surface area (Å²) in [7, 11) is 0. The number of ether oxygens (including phenoxy) is 1. The fraction of sp³-hybridized carbons (Fsp3) is 0.320. The first-order valence-electron chi connectivity index (χ1n) is 10.7. The van der Waals surface area contributed by atoms with Crippen molar-refractivity contribution in [1.29, 1.82) is 0 Å². The number of hydrogen-bond donors (Lipinski definition) is 1. The first-order chi connectivity index (χ1) is 15.1. The number of pyridine rings is 1. The van der Waals surface area contributed by atoms with Crippen LogP contribution in [0.5, 0.6) is 0 Å². The number of rotatable bonds is 6. The molecule has 1 N–H and O–H groups in total. The summed E-state index contributed by atoms with van der Waals surface area (Å²) in [6.45, 7) is 3.63. The average Bonchev–Trinajstić information content (AvgIpc) is 3.29. The smallest absolute Gasteiger partial charge is 0.339 e. The normalized spacial score (nSPS) is 15.5. The molecule has 31 heavy (non-hydrogen) atoms. The Hall–Kier alpha value is -2.99. The number of amides is 1. The number of hydrogen-bond acceptors (Lipinski definition) is 5. The zero-order chi connectivity index (χ0) is 21.8. The van der Waals surface area contributed by atoms with Crippen molar-refractivity contribution in [2.75, 3.05) is 6.61 Å². The van der Waals surface area contributed by atoms with Crippen LogP contribution >= 0.6 is 11.3 Å². The lowest BCUT2D eigenvalue weighted by Crippen LogP contribution is -2.35. The Kier molecular flexibility index (Phi) is 6.47. The lowest BCUT2D eigenvalue weighted by molar-refractivity contribution is -0.124. The summed E-state index contributed by atoms with van der Waals surface area (Å²) in [6, 6.07) is 11.8. The van der Waals surface area contributed by atoms with E-state index in [-0.39, 0.29) is 18.6 Å². The molecule has 0 radical (unpaired) electrons. The first-order valence-corrected chi connectivity index (χ1v) is 11.6. The zero-order valence-electron chi connectivity index (χ0n) is 17.8. The van der Waals surface area contributed by atoms with E-state index in [1.165, 1.54) is 4.88 Å². The van der Waals surface area contributed by atoms with Gasteiger partial charge in [-0.05, 0) is 67.3 Å². The van der Waals surface area contributed by atoms with Gasteiger partial charge in [-0.1, -0.05) is 31.2 Å². The molecule has 6 heteroatoms. The van der Waals surface area contributed by atoms with Crippen LogP contribution in [0.25, 0.3) is 22.6 Å². The largest absolute Gasteiger partial charge is 0.452 e. The third-order valence-corrected chi connectivity index (χ3v) is 6.41. The zero-order valence-corrected chi connectivity index (χ0v) is 18.6. The molecule has 0 fully saturated rings. The Morgan fingerprint density at radius 1 is 1.23 bits per heavy atom. The Morgan fingerprint density at radius 3 is 2.84 bits per heavy atom. The highest BCUT2D eigenvalue weighted by Gasteiger charge is 2.26. The number of fused-ring (bicyclic) bond motifs is 2. The number of para-hydroxylation sites is 1. The number of carbonyl (C=O) groups excluding carboxylic acids is 2. The molecule has 2 heterocycles. The highest BCUT2D eigenvalue weighted by molar-refractivity contribution is 7.10. The van der Waals surface area contributed by atoms with Gasteiger partial charge in [0.05, 0.1) is 16.8 Å². The third kappa shape index (κ3) is 4.69.